The Kier molecular flexibility index (Phi) is 22.2. The molecule has 4 aliphatic rings. The highest BCUT2D eigenvalue weighted by Crippen LogP contribution is 2.46. The molecular weight excluding hydrogens is 1330 g/mol. The molecule has 7 heterocycles. The normalized spacial score (nSPS) is 20.6. The first-order chi connectivity index (χ1) is 46.6. The molecule has 11 rings (SSSR count). The van der Waals surface area contributed by atoms with Crippen molar-refractivity contribution in [2.24, 2.45) is 11.7 Å². The summed E-state index contributed by atoms with van der Waals surface area (Å²) in [6.45, 7) is -1.45. The Hall–Kier alpha value is -9.02. The zero-order valence-electron chi connectivity index (χ0n) is 52.2. The summed E-state index contributed by atoms with van der Waals surface area (Å²) in [6, 6.07) is 18.8. The number of halogens is 1. The first-order valence-corrected chi connectivity index (χ1v) is 34.6. The van der Waals surface area contributed by atoms with Crippen molar-refractivity contribution in [1.29, 1.82) is 0 Å². The second kappa shape index (κ2) is 31.0. The number of aromatic nitrogens is 8. The Labute approximate surface area is 558 Å². The van der Waals surface area contributed by atoms with E-state index in [1.807, 2.05) is 48.5 Å². The molecule has 97 heavy (non-hydrogen) atoms. The van der Waals surface area contributed by atoms with E-state index in [-0.39, 0.29) is 98.5 Å². The fraction of sp³-hybridized carbons (Fsp3) is 0.433. The summed E-state index contributed by atoms with van der Waals surface area (Å²) in [6.07, 6.45) is -2.71. The first-order valence-electron chi connectivity index (χ1n) is 30.9. The molecule has 4 aromatic heterocycles. The van der Waals surface area contributed by atoms with Gasteiger partial charge in [0.1, 0.15) is 81.3 Å². The van der Waals surface area contributed by atoms with Crippen LogP contribution in [0.4, 0.5) is 40.9 Å². The third-order valence-electron chi connectivity index (χ3n) is 16.6. The van der Waals surface area contributed by atoms with Gasteiger partial charge in [-0.25, -0.2) is 53.5 Å². The molecule has 7 amide bonds. The molecule has 0 saturated carbocycles. The van der Waals surface area contributed by atoms with E-state index in [0.717, 1.165) is 28.6 Å². The van der Waals surface area contributed by atoms with E-state index in [9.17, 15) is 43.1 Å². The first kappa shape index (κ1) is 69.3. The van der Waals surface area contributed by atoms with Gasteiger partial charge in [0.15, 0.2) is 34.7 Å². The minimum absolute atomic E-state index is 0.0284. The Morgan fingerprint density at radius 2 is 1.48 bits per heavy atom. The number of ether oxygens (including phenoxy) is 5. The van der Waals surface area contributed by atoms with Crippen LogP contribution in [0.15, 0.2) is 98.1 Å². The van der Waals surface area contributed by atoms with Crippen LogP contribution in [-0.2, 0) is 69.8 Å². The molecule has 3 aromatic carbocycles. The number of urea groups is 1. The number of alkyl halides is 1. The Bertz CT molecular complexity index is 4050. The minimum Gasteiger partial charge on any atom is -0.449 e. The number of fused-ring (bicyclic) bond motifs is 5. The summed E-state index contributed by atoms with van der Waals surface area (Å²) in [5.41, 5.74) is 17.0. The Morgan fingerprint density at radius 1 is 0.794 bits per heavy atom. The van der Waals surface area contributed by atoms with Crippen LogP contribution in [0.25, 0.3) is 33.5 Å². The van der Waals surface area contributed by atoms with Crippen molar-refractivity contribution < 1.29 is 84.8 Å². The van der Waals surface area contributed by atoms with Crippen molar-refractivity contribution in [3.63, 3.8) is 0 Å². The average Bonchev–Trinajstić information content (AvgIpc) is 1.67. The van der Waals surface area contributed by atoms with E-state index in [4.69, 9.17) is 48.7 Å². The largest absolute Gasteiger partial charge is 0.697 e. The quantitative estimate of drug-likeness (QED) is 0.0156. The van der Waals surface area contributed by atoms with Gasteiger partial charge in [0.25, 0.3) is 0 Å². The van der Waals surface area contributed by atoms with Crippen molar-refractivity contribution in [2.45, 2.75) is 120 Å². The number of amides is 7. The smallest absolute Gasteiger partial charge is 0.449 e. The second-order valence-electron chi connectivity index (χ2n) is 23.5. The summed E-state index contributed by atoms with van der Waals surface area (Å²) >= 11 is 4.64. The van der Waals surface area contributed by atoms with E-state index in [1.165, 1.54) is 33.0 Å². The number of alkyl carbamates (subject to hydrolysis) is 1. The monoisotopic (exact) mass is 1400 g/mol. The van der Waals surface area contributed by atoms with Crippen molar-refractivity contribution in [2.75, 3.05) is 55.9 Å². The van der Waals surface area contributed by atoms with Crippen LogP contribution in [0.3, 0.4) is 0 Å². The maximum atomic E-state index is 15.3. The highest BCUT2D eigenvalue weighted by molar-refractivity contribution is 8.06. The zero-order valence-corrected chi connectivity index (χ0v) is 54.8. The highest BCUT2D eigenvalue weighted by atomic mass is 32.5. The number of anilines is 3. The number of nitrogens with zero attached hydrogens (tertiary/aromatic N) is 9. The maximum absolute atomic E-state index is 15.3. The molecule has 37 heteroatoms. The molecule has 1 aliphatic carbocycles. The maximum Gasteiger partial charge on any atom is 0.697 e. The van der Waals surface area contributed by atoms with E-state index < -0.39 is 119 Å². The standard InChI is InChI=1S/C60H69FN16O17P2S/c1-32(2)47(73-58(81)88-26-41-39-12-5-3-10-37(39)38-11-4-6-13-40(38)41)55(79)72-43(14-7-19-64-57(63)80)54(78)71-34-17-15-33(16-18-34)23-89-60(83)75-20-8-9-35(75)24-87-59(82)74-51-49-53(68-29-66-51)76(30-70-49)46-22-44(45(93-46)27-91-96(85,86)97)94-95(84)90-25-36-21-42(61)56(92-36)77-31-69-48-50(62)65-28-67-52(48)77/h3-6,10-13,15-18,28-32,35-36,41-47,56H,7-9,14,19-27H2,1-2H3,(H10-,62,63,64,65,66,67,68,71,72,73,74,78,79,80,81,82,85,86,97)/p+1/t35-,36-,42+,43-,44?,45+,46+,47?,56+/m0/s1. The fourth-order valence-corrected chi connectivity index (χ4v) is 13.2. The summed E-state index contributed by atoms with van der Waals surface area (Å²) < 4.78 is 76.8. The summed E-state index contributed by atoms with van der Waals surface area (Å²) in [7, 11) is -2.92. The number of hydrogen-bond acceptors (Lipinski definition) is 23. The van der Waals surface area contributed by atoms with E-state index in [0.29, 0.717) is 30.6 Å². The number of carbonyl (C=O) groups is 6. The molecule has 3 saturated heterocycles. The van der Waals surface area contributed by atoms with Gasteiger partial charge in [-0.3, -0.25) is 24.0 Å². The third kappa shape index (κ3) is 17.0. The topological polar surface area (TPSA) is 436 Å². The van der Waals surface area contributed by atoms with E-state index in [2.05, 4.69) is 68.3 Å². The van der Waals surface area contributed by atoms with Gasteiger partial charge in [0.2, 0.25) is 11.8 Å². The van der Waals surface area contributed by atoms with Crippen LogP contribution in [-0.4, -0.2) is 172 Å². The zero-order chi connectivity index (χ0) is 68.5. The molecule has 0 radical (unpaired) electrons. The highest BCUT2D eigenvalue weighted by Gasteiger charge is 2.46. The van der Waals surface area contributed by atoms with Gasteiger partial charge in [-0.1, -0.05) is 74.5 Å². The number of hydrogen-bond donors (Lipinski definition) is 9. The van der Waals surface area contributed by atoms with Crippen LogP contribution in [0, 0.1) is 5.92 Å². The molecule has 0 spiro atoms. The van der Waals surface area contributed by atoms with Crippen molar-refractivity contribution in [1.82, 2.24) is 59.9 Å². The van der Waals surface area contributed by atoms with Crippen LogP contribution in [0.1, 0.15) is 87.4 Å². The molecule has 0 bridgehead atoms. The van der Waals surface area contributed by atoms with Crippen molar-refractivity contribution in [3.05, 3.63) is 115 Å². The molecule has 11 N–H and O–H groups in total. The molecule has 514 valence electrons. The lowest BCUT2D eigenvalue weighted by Crippen LogP contribution is -2.54. The van der Waals surface area contributed by atoms with Gasteiger partial charge in [0.05, 0.1) is 31.4 Å². The van der Waals surface area contributed by atoms with Crippen LogP contribution in [0.5, 0.6) is 0 Å². The number of carbonyl (C=O) groups excluding carboxylic acids is 6. The van der Waals surface area contributed by atoms with Crippen molar-refractivity contribution >= 4 is 103 Å². The predicted octanol–water partition coefficient (Wildman–Crippen LogP) is 6.23. The van der Waals surface area contributed by atoms with Gasteiger partial charge < -0.3 is 75.6 Å². The molecule has 3 fully saturated rings. The number of nitrogens with two attached hydrogens (primary N) is 2. The summed E-state index contributed by atoms with van der Waals surface area (Å²) in [4.78, 5) is 126. The number of nitrogens with one attached hydrogen (secondary N) is 5. The van der Waals surface area contributed by atoms with Gasteiger partial charge in [-0.2, -0.15) is 0 Å². The lowest BCUT2D eigenvalue weighted by Gasteiger charge is -2.25. The number of rotatable bonds is 27. The average molecular weight is 1400 g/mol. The van der Waals surface area contributed by atoms with Crippen molar-refractivity contribution in [3.8, 4) is 11.1 Å². The molecule has 3 aliphatic heterocycles. The number of imidazole rings is 2. The minimum atomic E-state index is -4.19. The van der Waals surface area contributed by atoms with E-state index >= 15 is 4.39 Å². The number of nitrogen functional groups attached to an aromatic ring is 1. The number of likely N-dealkylation sites (tertiary alicyclic amines) is 1. The molecular formula is C60H70FN16O17P2S+. The SMILES string of the molecule is CC(C)C(NC(=O)OCC1c2ccccc2-c2ccccc21)C(=O)N[C@@H](CCCNC(N)=O)C(=O)Nc1ccc(COC(=O)N2CCC[C@H]2COC(=O)Nc2ncnc3c2ncn3[C@H]2CC(O[P+](=O)OC[C@@H]3C[C@@H](F)[C@H](n4cnc5c(N)ncnc54)O3)[C@@H](COP(O)(O)=S)O2)cc1. The van der Waals surface area contributed by atoms with Gasteiger partial charge in [0, 0.05) is 42.1 Å². The van der Waals surface area contributed by atoms with Gasteiger partial charge in [-0.05, 0) is 83.4 Å². The van der Waals surface area contributed by atoms with Gasteiger partial charge >= 0.3 is 39.3 Å². The van der Waals surface area contributed by atoms with Crippen LogP contribution >= 0.6 is 15.0 Å². The molecule has 3 unspecified atom stereocenters. The van der Waals surface area contributed by atoms with E-state index in [1.54, 1.807) is 38.1 Å². The fourth-order valence-electron chi connectivity index (χ4n) is 11.9. The van der Waals surface area contributed by atoms with Crippen LogP contribution < -0.4 is 38.1 Å². The molecule has 10 atom stereocenters. The molecule has 33 nitrogen and oxygen atoms in total. The summed E-state index contributed by atoms with van der Waals surface area (Å²) in [5, 5.41) is 13.3. The Morgan fingerprint density at radius 3 is 2.21 bits per heavy atom. The molecule has 7 aromatic rings. The predicted molar refractivity (Wildman–Crippen MR) is 346 cm³/mol. The van der Waals surface area contributed by atoms with Gasteiger partial charge in [-0.15, -0.1) is 9.05 Å². The number of benzene rings is 3. The van der Waals surface area contributed by atoms with Crippen LogP contribution in [0.2, 0.25) is 0 Å². The lowest BCUT2D eigenvalue weighted by atomic mass is 9.98. The number of primary amides is 1. The second-order valence-corrected chi connectivity index (χ2v) is 27.1. The third-order valence-corrected chi connectivity index (χ3v) is 18.2. The Balaban J connectivity index is 0.636. The summed E-state index contributed by atoms with van der Waals surface area (Å²) in [5.74, 6) is -1.78. The lowest BCUT2D eigenvalue weighted by molar-refractivity contribution is -0.128.